The number of hydrogen-bond acceptors (Lipinski definition) is 6. The van der Waals surface area contributed by atoms with Gasteiger partial charge in [0.2, 0.25) is 6.10 Å². The van der Waals surface area contributed by atoms with Gasteiger partial charge in [-0.1, -0.05) is 17.7 Å². The van der Waals surface area contributed by atoms with Crippen LogP contribution in [0.1, 0.15) is 22.3 Å². The molecule has 1 atom stereocenters. The van der Waals surface area contributed by atoms with Gasteiger partial charge < -0.3 is 9.47 Å². The van der Waals surface area contributed by atoms with Crippen molar-refractivity contribution in [2.75, 3.05) is 18.0 Å². The minimum absolute atomic E-state index is 0.179. The molecule has 0 amide bonds. The summed E-state index contributed by atoms with van der Waals surface area (Å²) in [5, 5.41) is 0. The van der Waals surface area contributed by atoms with E-state index in [1.165, 1.54) is 31.3 Å². The zero-order valence-electron chi connectivity index (χ0n) is 14.9. The molecule has 0 saturated carbocycles. The SMILES string of the molecule is Cc1ccc(S(=O)(=O)N(C)c2ccc(C(=O)O[C@H]3CCOC3=O)cc2)cc1. The number of esters is 2. The van der Waals surface area contributed by atoms with Gasteiger partial charge in [-0.2, -0.15) is 0 Å². The Kier molecular flexibility index (Phi) is 5.18. The number of hydrogen-bond donors (Lipinski definition) is 0. The molecule has 2 aromatic carbocycles. The highest BCUT2D eigenvalue weighted by molar-refractivity contribution is 7.92. The molecule has 0 spiro atoms. The summed E-state index contributed by atoms with van der Waals surface area (Å²) in [6.07, 6.45) is -0.554. The normalized spacial score (nSPS) is 16.7. The van der Waals surface area contributed by atoms with Crippen LogP contribution < -0.4 is 4.31 Å². The molecule has 0 radical (unpaired) electrons. The van der Waals surface area contributed by atoms with Crippen LogP contribution in [0.15, 0.2) is 53.4 Å². The van der Waals surface area contributed by atoms with Crippen LogP contribution in [-0.2, 0) is 24.3 Å². The Morgan fingerprint density at radius 2 is 1.74 bits per heavy atom. The fraction of sp³-hybridized carbons (Fsp3) is 0.263. The van der Waals surface area contributed by atoms with Crippen molar-refractivity contribution >= 4 is 27.6 Å². The van der Waals surface area contributed by atoms with E-state index in [1.807, 2.05) is 6.92 Å². The van der Waals surface area contributed by atoms with Crippen molar-refractivity contribution in [3.8, 4) is 0 Å². The monoisotopic (exact) mass is 389 g/mol. The van der Waals surface area contributed by atoms with E-state index in [-0.39, 0.29) is 17.1 Å². The van der Waals surface area contributed by atoms with Crippen molar-refractivity contribution in [1.82, 2.24) is 0 Å². The summed E-state index contributed by atoms with van der Waals surface area (Å²) in [5.74, 6) is -1.21. The van der Waals surface area contributed by atoms with Gasteiger partial charge in [0.05, 0.1) is 22.8 Å². The average molecular weight is 389 g/mol. The van der Waals surface area contributed by atoms with E-state index in [1.54, 1.807) is 24.3 Å². The summed E-state index contributed by atoms with van der Waals surface area (Å²) in [5.41, 5.74) is 1.58. The first-order chi connectivity index (χ1) is 12.8. The number of carbonyl (C=O) groups is 2. The molecule has 7 nitrogen and oxygen atoms in total. The van der Waals surface area contributed by atoms with Crippen molar-refractivity contribution < 1.29 is 27.5 Å². The molecule has 3 rings (SSSR count). The third-order valence-electron chi connectivity index (χ3n) is 4.28. The van der Waals surface area contributed by atoms with Crippen molar-refractivity contribution in [3.05, 3.63) is 59.7 Å². The van der Waals surface area contributed by atoms with Gasteiger partial charge in [0.1, 0.15) is 0 Å². The number of ether oxygens (including phenoxy) is 2. The average Bonchev–Trinajstić information content (AvgIpc) is 3.06. The highest BCUT2D eigenvalue weighted by atomic mass is 32.2. The quantitative estimate of drug-likeness (QED) is 0.729. The molecular formula is C19H19NO6S. The number of nitrogens with zero attached hydrogens (tertiary/aromatic N) is 1. The lowest BCUT2D eigenvalue weighted by Gasteiger charge is -2.20. The summed E-state index contributed by atoms with van der Waals surface area (Å²) >= 11 is 0. The Labute approximate surface area is 157 Å². The molecule has 1 aliphatic heterocycles. The number of carbonyl (C=O) groups excluding carboxylic acids is 2. The van der Waals surface area contributed by atoms with Gasteiger partial charge in [-0.3, -0.25) is 4.31 Å². The third-order valence-corrected chi connectivity index (χ3v) is 6.08. The Hall–Kier alpha value is -2.87. The molecule has 27 heavy (non-hydrogen) atoms. The maximum Gasteiger partial charge on any atom is 0.347 e. The van der Waals surface area contributed by atoms with Gasteiger partial charge in [0.15, 0.2) is 0 Å². The molecule has 8 heteroatoms. The minimum atomic E-state index is -3.71. The summed E-state index contributed by atoms with van der Waals surface area (Å²) in [6, 6.07) is 12.5. The summed E-state index contributed by atoms with van der Waals surface area (Å²) < 4.78 is 36.4. The van der Waals surface area contributed by atoms with Crippen molar-refractivity contribution in [3.63, 3.8) is 0 Å². The van der Waals surface area contributed by atoms with Gasteiger partial charge >= 0.3 is 11.9 Å². The maximum atomic E-state index is 12.7. The van der Waals surface area contributed by atoms with E-state index in [9.17, 15) is 18.0 Å². The Balaban J connectivity index is 1.75. The highest BCUT2D eigenvalue weighted by Gasteiger charge is 2.30. The van der Waals surface area contributed by atoms with Gasteiger partial charge in [-0.15, -0.1) is 0 Å². The molecule has 1 saturated heterocycles. The molecule has 0 aliphatic carbocycles. The molecule has 1 fully saturated rings. The van der Waals surface area contributed by atoms with E-state index in [2.05, 4.69) is 0 Å². The lowest BCUT2D eigenvalue weighted by molar-refractivity contribution is -0.145. The Bertz CT molecular complexity index is 951. The fourth-order valence-corrected chi connectivity index (χ4v) is 3.79. The molecule has 1 heterocycles. The molecule has 0 bridgehead atoms. The smallest absolute Gasteiger partial charge is 0.347 e. The van der Waals surface area contributed by atoms with Crippen LogP contribution in [0, 0.1) is 6.92 Å². The van der Waals surface area contributed by atoms with Crippen molar-refractivity contribution in [2.24, 2.45) is 0 Å². The van der Waals surface area contributed by atoms with Crippen LogP contribution in [-0.4, -0.2) is 40.1 Å². The minimum Gasteiger partial charge on any atom is -0.463 e. The van der Waals surface area contributed by atoms with Crippen LogP contribution in [0.4, 0.5) is 5.69 Å². The topological polar surface area (TPSA) is 90.0 Å². The van der Waals surface area contributed by atoms with Gasteiger partial charge in [-0.05, 0) is 43.3 Å². The molecule has 0 N–H and O–H groups in total. The predicted molar refractivity (Wildman–Crippen MR) is 98.0 cm³/mol. The first-order valence-corrected chi connectivity index (χ1v) is 9.76. The molecule has 0 aromatic heterocycles. The number of aryl methyl sites for hydroxylation is 1. The number of sulfonamides is 1. The summed E-state index contributed by atoms with van der Waals surface area (Å²) in [7, 11) is -2.27. The second kappa shape index (κ2) is 7.40. The third kappa shape index (κ3) is 3.95. The zero-order valence-corrected chi connectivity index (χ0v) is 15.7. The van der Waals surface area contributed by atoms with Gasteiger partial charge in [0.25, 0.3) is 10.0 Å². The summed E-state index contributed by atoms with van der Waals surface area (Å²) in [6.45, 7) is 2.11. The number of anilines is 1. The fourth-order valence-electron chi connectivity index (χ4n) is 2.60. The standard InChI is InChI=1S/C19H19NO6S/c1-13-3-9-16(10-4-13)27(23,24)20(2)15-7-5-14(6-8-15)18(21)26-17-11-12-25-19(17)22/h3-10,17H,11-12H2,1-2H3/t17-/m0/s1. The van der Waals surface area contributed by atoms with Crippen molar-refractivity contribution in [1.29, 1.82) is 0 Å². The van der Waals surface area contributed by atoms with E-state index in [0.717, 1.165) is 9.87 Å². The molecule has 0 unspecified atom stereocenters. The van der Waals surface area contributed by atoms with E-state index in [4.69, 9.17) is 9.47 Å². The largest absolute Gasteiger partial charge is 0.463 e. The number of cyclic esters (lactones) is 1. The van der Waals surface area contributed by atoms with E-state index >= 15 is 0 Å². The number of rotatable bonds is 5. The first-order valence-electron chi connectivity index (χ1n) is 8.32. The van der Waals surface area contributed by atoms with Crippen molar-refractivity contribution in [2.45, 2.75) is 24.3 Å². The molecule has 2 aromatic rings. The van der Waals surface area contributed by atoms with Gasteiger partial charge in [-0.25, -0.2) is 18.0 Å². The molecular weight excluding hydrogens is 370 g/mol. The van der Waals surface area contributed by atoms with E-state index in [0.29, 0.717) is 12.1 Å². The first kappa shape index (κ1) is 18.9. The van der Waals surface area contributed by atoms with Crippen LogP contribution in [0.5, 0.6) is 0 Å². The molecule has 142 valence electrons. The van der Waals surface area contributed by atoms with Crippen LogP contribution in [0.25, 0.3) is 0 Å². The molecule has 1 aliphatic rings. The van der Waals surface area contributed by atoms with Crippen LogP contribution >= 0.6 is 0 Å². The van der Waals surface area contributed by atoms with E-state index < -0.39 is 28.1 Å². The second-order valence-electron chi connectivity index (χ2n) is 6.18. The number of benzene rings is 2. The Morgan fingerprint density at radius 3 is 2.30 bits per heavy atom. The lowest BCUT2D eigenvalue weighted by atomic mass is 10.2. The highest BCUT2D eigenvalue weighted by Crippen LogP contribution is 2.23. The Morgan fingerprint density at radius 1 is 1.11 bits per heavy atom. The van der Waals surface area contributed by atoms with Crippen LogP contribution in [0.2, 0.25) is 0 Å². The predicted octanol–water partition coefficient (Wildman–Crippen LogP) is 2.29. The van der Waals surface area contributed by atoms with Gasteiger partial charge in [0, 0.05) is 13.5 Å². The zero-order chi connectivity index (χ0) is 19.6. The lowest BCUT2D eigenvalue weighted by Crippen LogP contribution is -2.26. The maximum absolute atomic E-state index is 12.7. The summed E-state index contributed by atoms with van der Waals surface area (Å²) in [4.78, 5) is 23.7. The second-order valence-corrected chi connectivity index (χ2v) is 8.15. The van der Waals surface area contributed by atoms with Crippen LogP contribution in [0.3, 0.4) is 0 Å².